The molecule has 0 amide bonds. The minimum atomic E-state index is -0.400. The summed E-state index contributed by atoms with van der Waals surface area (Å²) >= 11 is 0. The maximum atomic E-state index is 11.1. The molecule has 29 heavy (non-hydrogen) atoms. The van der Waals surface area contributed by atoms with Crippen LogP contribution in [0.3, 0.4) is 0 Å². The SMILES string of the molecule is O[C@H]1c2cc(Cc3ccc4ccccc4n3)ccc2CC[C@@H]1Cc1ccccc1. The number of para-hydroxylation sites is 1. The molecule has 3 aromatic carbocycles. The number of aromatic nitrogens is 1. The van der Waals surface area contributed by atoms with Crippen LogP contribution in [0.15, 0.2) is 84.9 Å². The van der Waals surface area contributed by atoms with Crippen molar-refractivity contribution in [2.24, 2.45) is 5.92 Å². The van der Waals surface area contributed by atoms with Crippen molar-refractivity contribution < 1.29 is 5.11 Å². The van der Waals surface area contributed by atoms with Gasteiger partial charge in [-0.3, -0.25) is 4.98 Å². The normalized spacial score (nSPS) is 18.5. The molecule has 0 saturated heterocycles. The highest BCUT2D eigenvalue weighted by Gasteiger charge is 2.28. The molecular weight excluding hydrogens is 354 g/mol. The zero-order chi connectivity index (χ0) is 19.6. The summed E-state index contributed by atoms with van der Waals surface area (Å²) < 4.78 is 0. The second kappa shape index (κ2) is 7.81. The van der Waals surface area contributed by atoms with Crippen molar-refractivity contribution in [1.82, 2.24) is 4.98 Å². The fourth-order valence-electron chi connectivity index (χ4n) is 4.56. The maximum absolute atomic E-state index is 11.1. The highest BCUT2D eigenvalue weighted by atomic mass is 16.3. The smallest absolute Gasteiger partial charge is 0.0824 e. The number of pyridine rings is 1. The van der Waals surface area contributed by atoms with Gasteiger partial charge in [-0.05, 0) is 59.6 Å². The van der Waals surface area contributed by atoms with Gasteiger partial charge in [0, 0.05) is 17.5 Å². The molecule has 2 nitrogen and oxygen atoms in total. The Morgan fingerprint density at radius 1 is 0.828 bits per heavy atom. The second-order valence-corrected chi connectivity index (χ2v) is 8.14. The predicted octanol–water partition coefficient (Wildman–Crippen LogP) is 5.66. The molecule has 0 spiro atoms. The summed E-state index contributed by atoms with van der Waals surface area (Å²) in [5, 5.41) is 12.3. The molecule has 0 aliphatic heterocycles. The molecular formula is C27H25NO. The third-order valence-corrected chi connectivity index (χ3v) is 6.14. The van der Waals surface area contributed by atoms with Crippen LogP contribution in [0, 0.1) is 5.92 Å². The van der Waals surface area contributed by atoms with E-state index in [-0.39, 0.29) is 5.92 Å². The molecule has 0 bridgehead atoms. The Kier molecular flexibility index (Phi) is 4.87. The average molecular weight is 380 g/mol. The minimum Gasteiger partial charge on any atom is -0.388 e. The van der Waals surface area contributed by atoms with Gasteiger partial charge >= 0.3 is 0 Å². The lowest BCUT2D eigenvalue weighted by atomic mass is 9.78. The van der Waals surface area contributed by atoms with Crippen molar-refractivity contribution in [3.8, 4) is 0 Å². The van der Waals surface area contributed by atoms with E-state index in [9.17, 15) is 5.11 Å². The Labute approximate surface area is 171 Å². The predicted molar refractivity (Wildman–Crippen MR) is 118 cm³/mol. The van der Waals surface area contributed by atoms with Gasteiger partial charge in [-0.2, -0.15) is 0 Å². The number of fused-ring (bicyclic) bond motifs is 2. The lowest BCUT2D eigenvalue weighted by molar-refractivity contribution is 0.0936. The Balaban J connectivity index is 1.38. The van der Waals surface area contributed by atoms with Crippen LogP contribution in [0.25, 0.3) is 10.9 Å². The third-order valence-electron chi connectivity index (χ3n) is 6.14. The van der Waals surface area contributed by atoms with Gasteiger partial charge < -0.3 is 5.11 Å². The van der Waals surface area contributed by atoms with Crippen molar-refractivity contribution in [1.29, 1.82) is 0 Å². The zero-order valence-corrected chi connectivity index (χ0v) is 16.5. The molecule has 144 valence electrons. The minimum absolute atomic E-state index is 0.277. The van der Waals surface area contributed by atoms with Crippen molar-refractivity contribution in [2.45, 2.75) is 31.8 Å². The van der Waals surface area contributed by atoms with E-state index >= 15 is 0 Å². The molecule has 0 fully saturated rings. The van der Waals surface area contributed by atoms with E-state index < -0.39 is 6.10 Å². The lowest BCUT2D eigenvalue weighted by Crippen LogP contribution is -2.22. The molecule has 1 heterocycles. The molecule has 1 aromatic heterocycles. The van der Waals surface area contributed by atoms with Crippen molar-refractivity contribution in [3.05, 3.63) is 113 Å². The summed E-state index contributed by atoms with van der Waals surface area (Å²) in [5.41, 5.74) is 7.01. The maximum Gasteiger partial charge on any atom is 0.0824 e. The Bertz CT molecular complexity index is 1140. The molecule has 1 N–H and O–H groups in total. The fraction of sp³-hybridized carbons (Fsp3) is 0.222. The topological polar surface area (TPSA) is 33.1 Å². The van der Waals surface area contributed by atoms with Gasteiger partial charge in [0.2, 0.25) is 0 Å². The van der Waals surface area contributed by atoms with Gasteiger partial charge in [0.15, 0.2) is 0 Å². The monoisotopic (exact) mass is 379 g/mol. The number of rotatable bonds is 4. The van der Waals surface area contributed by atoms with Crippen LogP contribution in [0.2, 0.25) is 0 Å². The first-order valence-corrected chi connectivity index (χ1v) is 10.4. The summed E-state index contributed by atoms with van der Waals surface area (Å²) in [7, 11) is 0. The number of benzene rings is 3. The Morgan fingerprint density at radius 3 is 2.55 bits per heavy atom. The van der Waals surface area contributed by atoms with E-state index in [0.29, 0.717) is 0 Å². The number of hydrogen-bond donors (Lipinski definition) is 1. The van der Waals surface area contributed by atoms with Crippen molar-refractivity contribution >= 4 is 10.9 Å². The highest BCUT2D eigenvalue weighted by molar-refractivity contribution is 5.78. The van der Waals surface area contributed by atoms with Crippen LogP contribution in [0.1, 0.15) is 40.5 Å². The number of hydrogen-bond acceptors (Lipinski definition) is 2. The van der Waals surface area contributed by atoms with E-state index in [0.717, 1.165) is 42.5 Å². The number of nitrogens with zero attached hydrogens (tertiary/aromatic N) is 1. The third kappa shape index (κ3) is 3.81. The van der Waals surface area contributed by atoms with E-state index in [4.69, 9.17) is 4.98 Å². The quantitative estimate of drug-likeness (QED) is 0.496. The van der Waals surface area contributed by atoms with E-state index in [1.54, 1.807) is 0 Å². The summed E-state index contributed by atoms with van der Waals surface area (Å²) in [6.07, 6.45) is 3.39. The summed E-state index contributed by atoms with van der Waals surface area (Å²) in [6, 6.07) is 29.6. The molecule has 4 aromatic rings. The van der Waals surface area contributed by atoms with Crippen LogP contribution >= 0.6 is 0 Å². The van der Waals surface area contributed by atoms with Gasteiger partial charge in [-0.1, -0.05) is 72.8 Å². The molecule has 0 radical (unpaired) electrons. The standard InChI is InChI=1S/C27H25NO/c29-27-23(16-19-6-2-1-3-7-19)13-12-21-11-10-20(18-25(21)27)17-24-15-14-22-8-4-5-9-26(22)28-24/h1-11,14-15,18,23,27,29H,12-13,16-17H2/t23-,27-/m1/s1. The number of aryl methyl sites for hydroxylation is 1. The van der Waals surface area contributed by atoms with Crippen molar-refractivity contribution in [3.63, 3.8) is 0 Å². The van der Waals surface area contributed by atoms with Crippen molar-refractivity contribution in [2.75, 3.05) is 0 Å². The molecule has 0 saturated carbocycles. The van der Waals surface area contributed by atoms with Crippen LogP contribution in [-0.2, 0) is 19.3 Å². The van der Waals surface area contributed by atoms with Crippen LogP contribution in [0.5, 0.6) is 0 Å². The lowest BCUT2D eigenvalue weighted by Gasteiger charge is -2.30. The molecule has 2 heteroatoms. The van der Waals surface area contributed by atoms with Crippen LogP contribution in [0.4, 0.5) is 0 Å². The second-order valence-electron chi connectivity index (χ2n) is 8.14. The van der Waals surface area contributed by atoms with Crippen LogP contribution in [-0.4, -0.2) is 10.1 Å². The van der Waals surface area contributed by atoms with Gasteiger partial charge in [0.05, 0.1) is 11.6 Å². The molecule has 2 atom stereocenters. The largest absolute Gasteiger partial charge is 0.388 e. The first-order valence-electron chi connectivity index (χ1n) is 10.4. The first-order chi connectivity index (χ1) is 14.3. The number of aliphatic hydroxyl groups is 1. The Morgan fingerprint density at radius 2 is 1.66 bits per heavy atom. The average Bonchev–Trinajstić information content (AvgIpc) is 2.77. The molecule has 1 aliphatic rings. The van der Waals surface area contributed by atoms with Gasteiger partial charge in [0.25, 0.3) is 0 Å². The first kappa shape index (κ1) is 18.1. The summed E-state index contributed by atoms with van der Waals surface area (Å²) in [5.74, 6) is 0.277. The molecule has 5 rings (SSSR count). The van der Waals surface area contributed by atoms with E-state index in [1.165, 1.54) is 22.1 Å². The van der Waals surface area contributed by atoms with Crippen LogP contribution < -0.4 is 0 Å². The van der Waals surface area contributed by atoms with Gasteiger partial charge in [-0.15, -0.1) is 0 Å². The number of aliphatic hydroxyl groups excluding tert-OH is 1. The van der Waals surface area contributed by atoms with Gasteiger partial charge in [0.1, 0.15) is 0 Å². The molecule has 1 aliphatic carbocycles. The zero-order valence-electron chi connectivity index (χ0n) is 16.5. The highest BCUT2D eigenvalue weighted by Crippen LogP contribution is 2.37. The van der Waals surface area contributed by atoms with E-state index in [2.05, 4.69) is 66.7 Å². The summed E-state index contributed by atoms with van der Waals surface area (Å²) in [4.78, 5) is 4.81. The molecule has 0 unspecified atom stereocenters. The fourth-order valence-corrected chi connectivity index (χ4v) is 4.56. The Hall–Kier alpha value is -2.97. The summed E-state index contributed by atoms with van der Waals surface area (Å²) in [6.45, 7) is 0. The van der Waals surface area contributed by atoms with E-state index in [1.807, 2.05) is 18.2 Å². The van der Waals surface area contributed by atoms with Gasteiger partial charge in [-0.25, -0.2) is 0 Å².